The second kappa shape index (κ2) is 6.60. The number of hydrogen-bond donors (Lipinski definition) is 1. The van der Waals surface area contributed by atoms with E-state index in [0.717, 1.165) is 24.2 Å². The van der Waals surface area contributed by atoms with Crippen LogP contribution in [0.15, 0.2) is 41.8 Å². The zero-order valence-corrected chi connectivity index (χ0v) is 12.4. The Bertz CT molecular complexity index is 549. The molecule has 1 atom stereocenters. The quantitative estimate of drug-likeness (QED) is 0.907. The van der Waals surface area contributed by atoms with E-state index in [9.17, 15) is 13.2 Å². The van der Waals surface area contributed by atoms with E-state index >= 15 is 0 Å². The molecule has 2 nitrogen and oxygen atoms in total. The number of likely N-dealkylation sites (N-methyl/N-ethyl adjacent to an activating group) is 1. The second-order valence-electron chi connectivity index (χ2n) is 4.87. The molecule has 0 amide bonds. The molecule has 1 heterocycles. The average Bonchev–Trinajstić information content (AvgIpc) is 2.92. The lowest BCUT2D eigenvalue weighted by Gasteiger charge is -2.27. The molecule has 114 valence electrons. The maximum Gasteiger partial charge on any atom is 0.416 e. The summed E-state index contributed by atoms with van der Waals surface area (Å²) in [6, 6.07) is 9.13. The monoisotopic (exact) mass is 314 g/mol. The summed E-state index contributed by atoms with van der Waals surface area (Å²) < 4.78 is 37.7. The Hall–Kier alpha value is -1.37. The summed E-state index contributed by atoms with van der Waals surface area (Å²) in [5, 5.41) is 2.00. The van der Waals surface area contributed by atoms with Crippen molar-refractivity contribution >= 4 is 11.3 Å². The van der Waals surface area contributed by atoms with Crippen LogP contribution in [-0.2, 0) is 12.7 Å². The number of nitrogens with zero attached hydrogens (tertiary/aromatic N) is 1. The van der Waals surface area contributed by atoms with Crippen molar-refractivity contribution in [1.82, 2.24) is 4.90 Å². The first-order chi connectivity index (χ1) is 9.91. The van der Waals surface area contributed by atoms with E-state index in [4.69, 9.17) is 5.73 Å². The highest BCUT2D eigenvalue weighted by Crippen LogP contribution is 2.30. The normalized spacial score (nSPS) is 13.6. The number of rotatable bonds is 5. The lowest BCUT2D eigenvalue weighted by Crippen LogP contribution is -2.30. The Morgan fingerprint density at radius 3 is 2.33 bits per heavy atom. The average molecular weight is 314 g/mol. The van der Waals surface area contributed by atoms with E-state index < -0.39 is 11.7 Å². The maximum atomic E-state index is 12.6. The van der Waals surface area contributed by atoms with Gasteiger partial charge in [-0.15, -0.1) is 11.3 Å². The molecule has 0 fully saturated rings. The van der Waals surface area contributed by atoms with Gasteiger partial charge in [-0.25, -0.2) is 0 Å². The number of alkyl halides is 3. The molecule has 1 unspecified atom stereocenters. The summed E-state index contributed by atoms with van der Waals surface area (Å²) in [6.45, 7) is 1.08. The Labute approximate surface area is 126 Å². The molecule has 0 bridgehead atoms. The standard InChI is InChI=1S/C15H17F3N2S/c1-20(10-13-3-2-8-21-13)14(9-19)11-4-6-12(7-5-11)15(16,17)18/h2-8,14H,9-10,19H2,1H3. The van der Waals surface area contributed by atoms with Gasteiger partial charge in [0.1, 0.15) is 0 Å². The fraction of sp³-hybridized carbons (Fsp3) is 0.333. The van der Waals surface area contributed by atoms with E-state index in [1.165, 1.54) is 17.0 Å². The summed E-state index contributed by atoms with van der Waals surface area (Å²) in [5.74, 6) is 0. The zero-order valence-electron chi connectivity index (χ0n) is 11.6. The largest absolute Gasteiger partial charge is 0.416 e. The van der Waals surface area contributed by atoms with Crippen LogP contribution in [-0.4, -0.2) is 18.5 Å². The van der Waals surface area contributed by atoms with E-state index in [2.05, 4.69) is 4.90 Å². The summed E-state index contributed by atoms with van der Waals surface area (Å²) in [4.78, 5) is 3.25. The number of halogens is 3. The first kappa shape index (κ1) is 16.0. The number of benzene rings is 1. The van der Waals surface area contributed by atoms with Crippen molar-refractivity contribution in [3.05, 3.63) is 57.8 Å². The third-order valence-electron chi connectivity index (χ3n) is 3.36. The van der Waals surface area contributed by atoms with Crippen LogP contribution in [0.2, 0.25) is 0 Å². The van der Waals surface area contributed by atoms with Crippen LogP contribution in [0.5, 0.6) is 0 Å². The molecule has 2 rings (SSSR count). The Morgan fingerprint density at radius 2 is 1.86 bits per heavy atom. The lowest BCUT2D eigenvalue weighted by atomic mass is 10.0. The van der Waals surface area contributed by atoms with Gasteiger partial charge in [-0.2, -0.15) is 13.2 Å². The summed E-state index contributed by atoms with van der Waals surface area (Å²) in [6.07, 6.45) is -4.31. The molecule has 0 saturated carbocycles. The van der Waals surface area contributed by atoms with Crippen molar-refractivity contribution in [2.75, 3.05) is 13.6 Å². The first-order valence-electron chi connectivity index (χ1n) is 6.51. The Kier molecular flexibility index (Phi) is 5.03. The fourth-order valence-electron chi connectivity index (χ4n) is 2.22. The minimum absolute atomic E-state index is 0.102. The van der Waals surface area contributed by atoms with Crippen molar-refractivity contribution < 1.29 is 13.2 Å². The smallest absolute Gasteiger partial charge is 0.329 e. The molecule has 6 heteroatoms. The van der Waals surface area contributed by atoms with Gasteiger partial charge in [0.15, 0.2) is 0 Å². The van der Waals surface area contributed by atoms with Gasteiger partial charge in [0.2, 0.25) is 0 Å². The van der Waals surface area contributed by atoms with Gasteiger partial charge in [0.05, 0.1) is 5.56 Å². The van der Waals surface area contributed by atoms with Crippen LogP contribution in [0.1, 0.15) is 22.0 Å². The van der Waals surface area contributed by atoms with Crippen molar-refractivity contribution in [3.63, 3.8) is 0 Å². The van der Waals surface area contributed by atoms with E-state index in [-0.39, 0.29) is 6.04 Å². The lowest BCUT2D eigenvalue weighted by molar-refractivity contribution is -0.137. The van der Waals surface area contributed by atoms with Gasteiger partial charge in [0, 0.05) is 24.0 Å². The third-order valence-corrected chi connectivity index (χ3v) is 4.22. The van der Waals surface area contributed by atoms with Crippen LogP contribution in [0.4, 0.5) is 13.2 Å². The predicted octanol–water partition coefficient (Wildman–Crippen LogP) is 3.90. The van der Waals surface area contributed by atoms with Gasteiger partial charge in [-0.3, -0.25) is 4.90 Å². The molecule has 0 aliphatic heterocycles. The minimum Gasteiger partial charge on any atom is -0.329 e. The number of thiophene rings is 1. The van der Waals surface area contributed by atoms with Gasteiger partial charge in [-0.1, -0.05) is 18.2 Å². The van der Waals surface area contributed by atoms with Crippen LogP contribution in [0.3, 0.4) is 0 Å². The molecule has 2 N–H and O–H groups in total. The van der Waals surface area contributed by atoms with Gasteiger partial charge < -0.3 is 5.73 Å². The predicted molar refractivity (Wildman–Crippen MR) is 79.0 cm³/mol. The van der Waals surface area contributed by atoms with E-state index in [1.807, 2.05) is 24.6 Å². The van der Waals surface area contributed by atoms with Crippen molar-refractivity contribution in [2.24, 2.45) is 5.73 Å². The van der Waals surface area contributed by atoms with Crippen molar-refractivity contribution in [1.29, 1.82) is 0 Å². The van der Waals surface area contributed by atoms with E-state index in [0.29, 0.717) is 6.54 Å². The summed E-state index contributed by atoms with van der Waals surface area (Å²) >= 11 is 1.65. The number of nitrogens with two attached hydrogens (primary N) is 1. The third kappa shape index (κ3) is 4.06. The maximum absolute atomic E-state index is 12.6. The molecule has 0 aliphatic carbocycles. The van der Waals surface area contributed by atoms with Gasteiger partial charge in [-0.05, 0) is 36.2 Å². The molecule has 1 aromatic heterocycles. The molecule has 0 aliphatic rings. The molecule has 0 spiro atoms. The topological polar surface area (TPSA) is 29.3 Å². The van der Waals surface area contributed by atoms with Crippen LogP contribution in [0, 0.1) is 0 Å². The van der Waals surface area contributed by atoms with Crippen molar-refractivity contribution in [3.8, 4) is 0 Å². The highest BCUT2D eigenvalue weighted by atomic mass is 32.1. The molecule has 0 radical (unpaired) electrons. The van der Waals surface area contributed by atoms with Crippen LogP contribution in [0.25, 0.3) is 0 Å². The minimum atomic E-state index is -4.31. The fourth-order valence-corrected chi connectivity index (χ4v) is 2.99. The van der Waals surface area contributed by atoms with Crippen LogP contribution < -0.4 is 5.73 Å². The van der Waals surface area contributed by atoms with Gasteiger partial charge in [0.25, 0.3) is 0 Å². The molecular formula is C15H17F3N2S. The van der Waals surface area contributed by atoms with Crippen molar-refractivity contribution in [2.45, 2.75) is 18.8 Å². The Balaban J connectivity index is 2.13. The highest BCUT2D eigenvalue weighted by Gasteiger charge is 2.30. The second-order valence-corrected chi connectivity index (χ2v) is 5.90. The van der Waals surface area contributed by atoms with Crippen LogP contribution >= 0.6 is 11.3 Å². The molecule has 21 heavy (non-hydrogen) atoms. The molecule has 0 saturated heterocycles. The zero-order chi connectivity index (χ0) is 15.5. The summed E-state index contributed by atoms with van der Waals surface area (Å²) in [5.41, 5.74) is 5.96. The van der Waals surface area contributed by atoms with E-state index in [1.54, 1.807) is 11.3 Å². The first-order valence-corrected chi connectivity index (χ1v) is 7.39. The molecule has 1 aromatic carbocycles. The molecule has 2 aromatic rings. The molecular weight excluding hydrogens is 297 g/mol. The van der Waals surface area contributed by atoms with Gasteiger partial charge >= 0.3 is 6.18 Å². The number of hydrogen-bond acceptors (Lipinski definition) is 3. The Morgan fingerprint density at radius 1 is 1.19 bits per heavy atom. The highest BCUT2D eigenvalue weighted by molar-refractivity contribution is 7.09. The SMILES string of the molecule is CN(Cc1cccs1)C(CN)c1ccc(C(F)(F)F)cc1. The summed E-state index contributed by atoms with van der Waals surface area (Å²) in [7, 11) is 1.93.